The first-order valence-corrected chi connectivity index (χ1v) is 7.02. The van der Waals surface area contributed by atoms with Crippen LogP contribution < -0.4 is 0 Å². The van der Waals surface area contributed by atoms with Crippen LogP contribution in [0.25, 0.3) is 0 Å². The van der Waals surface area contributed by atoms with Crippen LogP contribution in [0.15, 0.2) is 23.8 Å². The van der Waals surface area contributed by atoms with Crippen molar-refractivity contribution in [3.63, 3.8) is 0 Å². The Morgan fingerprint density at radius 2 is 2.40 bits per heavy atom. The number of thiophene rings is 1. The summed E-state index contributed by atoms with van der Waals surface area (Å²) in [7, 11) is 1.33. The van der Waals surface area contributed by atoms with Crippen LogP contribution >= 0.6 is 11.3 Å². The van der Waals surface area contributed by atoms with Crippen molar-refractivity contribution in [3.05, 3.63) is 40.1 Å². The molecule has 0 aromatic carbocycles. The molecule has 20 heavy (non-hydrogen) atoms. The van der Waals surface area contributed by atoms with E-state index in [9.17, 15) is 9.59 Å². The van der Waals surface area contributed by atoms with E-state index in [-0.39, 0.29) is 5.91 Å². The van der Waals surface area contributed by atoms with E-state index < -0.39 is 12.0 Å². The van der Waals surface area contributed by atoms with E-state index in [0.717, 1.165) is 11.4 Å². The molecule has 0 radical (unpaired) electrons. The third-order valence-corrected chi connectivity index (χ3v) is 4.22. The molecular formula is C13H13N3O3S. The summed E-state index contributed by atoms with van der Waals surface area (Å²) >= 11 is 1.36. The van der Waals surface area contributed by atoms with Gasteiger partial charge in [-0.2, -0.15) is 0 Å². The monoisotopic (exact) mass is 291 g/mol. The standard InChI is InChI=1S/C13H13N3O3S/c1-19-13(18)10-5-8-9(15-7-14-8)6-16(10)12(17)11-3-2-4-20-11/h2-4,7,10H,5-6H2,1H3,(H,14,15). The molecule has 0 saturated carbocycles. The van der Waals surface area contributed by atoms with Crippen molar-refractivity contribution < 1.29 is 14.3 Å². The lowest BCUT2D eigenvalue weighted by atomic mass is 10.0. The normalized spacial score (nSPS) is 17.6. The molecule has 6 nitrogen and oxygen atoms in total. The lowest BCUT2D eigenvalue weighted by molar-refractivity contribution is -0.146. The molecule has 1 amide bonds. The molecule has 2 aromatic rings. The van der Waals surface area contributed by atoms with Crippen LogP contribution in [0.1, 0.15) is 21.1 Å². The van der Waals surface area contributed by atoms with Gasteiger partial charge in [0.15, 0.2) is 0 Å². The Kier molecular flexibility index (Phi) is 3.27. The van der Waals surface area contributed by atoms with Gasteiger partial charge in [0.05, 0.1) is 36.2 Å². The number of carbonyl (C=O) groups is 2. The van der Waals surface area contributed by atoms with Gasteiger partial charge in [-0.15, -0.1) is 11.3 Å². The smallest absolute Gasteiger partial charge is 0.329 e. The van der Waals surface area contributed by atoms with E-state index in [1.807, 2.05) is 11.4 Å². The fourth-order valence-electron chi connectivity index (χ4n) is 2.34. The van der Waals surface area contributed by atoms with Crippen LogP contribution in [-0.2, 0) is 22.5 Å². The molecule has 0 bridgehead atoms. The zero-order valence-corrected chi connectivity index (χ0v) is 11.6. The molecule has 104 valence electrons. The summed E-state index contributed by atoms with van der Waals surface area (Å²) in [6.07, 6.45) is 1.96. The number of ether oxygens (including phenoxy) is 1. The maximum absolute atomic E-state index is 12.5. The third kappa shape index (κ3) is 2.09. The van der Waals surface area contributed by atoms with Gasteiger partial charge in [-0.25, -0.2) is 9.78 Å². The van der Waals surface area contributed by atoms with E-state index in [1.54, 1.807) is 12.4 Å². The van der Waals surface area contributed by atoms with Gasteiger partial charge in [-0.1, -0.05) is 6.07 Å². The number of methoxy groups -OCH3 is 1. The summed E-state index contributed by atoms with van der Waals surface area (Å²) in [6, 6.07) is 2.95. The summed E-state index contributed by atoms with van der Waals surface area (Å²) in [5.74, 6) is -0.570. The Bertz CT molecular complexity index is 635. The number of amides is 1. The summed E-state index contributed by atoms with van der Waals surface area (Å²) in [6.45, 7) is 0.339. The van der Waals surface area contributed by atoms with Gasteiger partial charge in [-0.05, 0) is 11.4 Å². The molecule has 1 N–H and O–H groups in total. The minimum Gasteiger partial charge on any atom is -0.467 e. The topological polar surface area (TPSA) is 75.3 Å². The minimum absolute atomic E-state index is 0.157. The minimum atomic E-state index is -0.620. The van der Waals surface area contributed by atoms with E-state index >= 15 is 0 Å². The number of fused-ring (bicyclic) bond motifs is 1. The number of carbonyl (C=O) groups excluding carboxylic acids is 2. The number of esters is 1. The molecular weight excluding hydrogens is 278 g/mol. The van der Waals surface area contributed by atoms with Gasteiger partial charge in [0.25, 0.3) is 5.91 Å². The molecule has 1 aliphatic heterocycles. The summed E-state index contributed by atoms with van der Waals surface area (Å²) in [4.78, 5) is 33.8. The second-order valence-corrected chi connectivity index (χ2v) is 5.43. The van der Waals surface area contributed by atoms with Gasteiger partial charge < -0.3 is 14.6 Å². The average Bonchev–Trinajstić information content (AvgIpc) is 3.14. The highest BCUT2D eigenvalue weighted by Crippen LogP contribution is 2.24. The Morgan fingerprint density at radius 1 is 1.55 bits per heavy atom. The summed E-state index contributed by atoms with van der Waals surface area (Å²) in [5.41, 5.74) is 1.69. The third-order valence-electron chi connectivity index (χ3n) is 3.36. The molecule has 0 spiro atoms. The van der Waals surface area contributed by atoms with Crippen molar-refractivity contribution in [1.82, 2.24) is 14.9 Å². The number of nitrogens with one attached hydrogen (secondary N) is 1. The first-order valence-electron chi connectivity index (χ1n) is 6.14. The number of aromatic amines is 1. The molecule has 3 rings (SSSR count). The maximum Gasteiger partial charge on any atom is 0.329 e. The number of imidazole rings is 1. The van der Waals surface area contributed by atoms with Crippen molar-refractivity contribution in [2.75, 3.05) is 7.11 Å². The van der Waals surface area contributed by atoms with Crippen LogP contribution in [0.4, 0.5) is 0 Å². The first-order chi connectivity index (χ1) is 9.70. The molecule has 0 aliphatic carbocycles. The molecule has 1 atom stereocenters. The van der Waals surface area contributed by atoms with Crippen LogP contribution in [0, 0.1) is 0 Å². The quantitative estimate of drug-likeness (QED) is 0.844. The number of aromatic nitrogens is 2. The van der Waals surface area contributed by atoms with Crippen molar-refractivity contribution in [2.45, 2.75) is 19.0 Å². The highest BCUT2D eigenvalue weighted by atomic mass is 32.1. The molecule has 3 heterocycles. The van der Waals surface area contributed by atoms with Gasteiger partial charge in [-0.3, -0.25) is 4.79 Å². The van der Waals surface area contributed by atoms with E-state index in [1.165, 1.54) is 23.3 Å². The number of hydrogen-bond acceptors (Lipinski definition) is 5. The predicted octanol–water partition coefficient (Wildman–Crippen LogP) is 1.21. The SMILES string of the molecule is COC(=O)C1Cc2nc[nH]c2CN1C(=O)c1cccs1. The fourth-order valence-corrected chi connectivity index (χ4v) is 3.02. The molecule has 2 aromatic heterocycles. The summed E-state index contributed by atoms with van der Waals surface area (Å²) < 4.78 is 4.81. The van der Waals surface area contributed by atoms with Crippen molar-refractivity contribution in [3.8, 4) is 0 Å². The van der Waals surface area contributed by atoms with Crippen LogP contribution in [0.5, 0.6) is 0 Å². The summed E-state index contributed by atoms with van der Waals surface area (Å²) in [5, 5.41) is 1.84. The fraction of sp³-hybridized carbons (Fsp3) is 0.308. The van der Waals surface area contributed by atoms with Crippen molar-refractivity contribution >= 4 is 23.2 Å². The predicted molar refractivity (Wildman–Crippen MR) is 72.3 cm³/mol. The average molecular weight is 291 g/mol. The Balaban J connectivity index is 1.94. The molecule has 0 saturated heterocycles. The molecule has 0 fully saturated rings. The zero-order valence-electron chi connectivity index (χ0n) is 10.8. The van der Waals surface area contributed by atoms with Crippen LogP contribution in [0.2, 0.25) is 0 Å². The number of rotatable bonds is 2. The van der Waals surface area contributed by atoms with Gasteiger partial charge in [0, 0.05) is 6.42 Å². The number of hydrogen-bond donors (Lipinski definition) is 1. The number of H-pyrrole nitrogens is 1. The highest BCUT2D eigenvalue weighted by molar-refractivity contribution is 7.12. The lowest BCUT2D eigenvalue weighted by Gasteiger charge is -2.32. The van der Waals surface area contributed by atoms with E-state index in [4.69, 9.17) is 4.74 Å². The van der Waals surface area contributed by atoms with Crippen molar-refractivity contribution in [1.29, 1.82) is 0 Å². The maximum atomic E-state index is 12.5. The van der Waals surface area contributed by atoms with Crippen LogP contribution in [0.3, 0.4) is 0 Å². The molecule has 7 heteroatoms. The second-order valence-electron chi connectivity index (χ2n) is 4.48. The van der Waals surface area contributed by atoms with E-state index in [0.29, 0.717) is 17.8 Å². The Hall–Kier alpha value is -2.15. The first kappa shape index (κ1) is 12.9. The van der Waals surface area contributed by atoms with Gasteiger partial charge in [0.2, 0.25) is 0 Å². The largest absolute Gasteiger partial charge is 0.467 e. The highest BCUT2D eigenvalue weighted by Gasteiger charge is 2.37. The zero-order chi connectivity index (χ0) is 14.1. The van der Waals surface area contributed by atoms with Gasteiger partial charge in [0.1, 0.15) is 6.04 Å². The van der Waals surface area contributed by atoms with E-state index in [2.05, 4.69) is 9.97 Å². The Labute approximate surface area is 119 Å². The molecule has 1 aliphatic rings. The van der Waals surface area contributed by atoms with Gasteiger partial charge >= 0.3 is 5.97 Å². The second kappa shape index (κ2) is 5.09. The van der Waals surface area contributed by atoms with Crippen molar-refractivity contribution in [2.24, 2.45) is 0 Å². The lowest BCUT2D eigenvalue weighted by Crippen LogP contribution is -2.49. The molecule has 1 unspecified atom stereocenters. The van der Waals surface area contributed by atoms with Crippen LogP contribution in [-0.4, -0.2) is 39.9 Å². The Morgan fingerprint density at radius 3 is 3.10 bits per heavy atom. The number of nitrogens with zero attached hydrogens (tertiary/aromatic N) is 2.